The average molecular weight is 442 g/mol. The third kappa shape index (κ3) is 2.75. The molecule has 1 saturated heterocycles. The molecule has 2 aliphatic rings. The number of nitrogens with zero attached hydrogens (tertiary/aromatic N) is 3. The Hall–Kier alpha value is -3.38. The largest absolute Gasteiger partial charge is 0.351 e. The fraction of sp³-hybridized carbons (Fsp3) is 0.160. The van der Waals surface area contributed by atoms with E-state index in [1.165, 1.54) is 11.3 Å². The highest BCUT2D eigenvalue weighted by Crippen LogP contribution is 2.56. The predicted molar refractivity (Wildman–Crippen MR) is 122 cm³/mol. The standard InChI is InChI=1S/C25H16ClN3OS/c26-18-8-3-2-7-17(18)22-23(24(30)20-10-5-13-31-20)29-19-9-4-1-6-16(19)11-12-21(29)25(22,14-27)15-28/h1-13,21-23H/t21-,22-,23-/m1/s1. The lowest BCUT2D eigenvalue weighted by atomic mass is 9.69. The summed E-state index contributed by atoms with van der Waals surface area (Å²) in [6, 6.07) is 21.9. The number of hydrogen-bond acceptors (Lipinski definition) is 5. The van der Waals surface area contributed by atoms with E-state index in [0.717, 1.165) is 11.3 Å². The molecule has 3 atom stereocenters. The van der Waals surface area contributed by atoms with Gasteiger partial charge in [-0.15, -0.1) is 11.3 Å². The van der Waals surface area contributed by atoms with E-state index in [0.29, 0.717) is 15.5 Å². The molecule has 2 aromatic carbocycles. The first-order valence-corrected chi connectivity index (χ1v) is 11.1. The molecular formula is C25H16ClN3OS. The maximum absolute atomic E-state index is 13.9. The summed E-state index contributed by atoms with van der Waals surface area (Å²) in [5.74, 6) is -0.825. The van der Waals surface area contributed by atoms with E-state index in [9.17, 15) is 15.3 Å². The average Bonchev–Trinajstić information content (AvgIpc) is 3.44. The number of Topliss-reactive ketones (excluding diaryl/α,β-unsaturated/α-hetero) is 1. The molecule has 5 rings (SSSR count). The summed E-state index contributed by atoms with van der Waals surface area (Å²) >= 11 is 7.94. The number of anilines is 1. The molecule has 1 fully saturated rings. The molecule has 0 aliphatic carbocycles. The second kappa shape index (κ2) is 7.39. The number of nitriles is 2. The van der Waals surface area contributed by atoms with E-state index in [-0.39, 0.29) is 5.78 Å². The maximum Gasteiger partial charge on any atom is 0.195 e. The predicted octanol–water partition coefficient (Wildman–Crippen LogP) is 5.69. The van der Waals surface area contributed by atoms with Crippen molar-refractivity contribution in [2.75, 3.05) is 4.90 Å². The van der Waals surface area contributed by atoms with Crippen LogP contribution in [0.4, 0.5) is 5.69 Å². The van der Waals surface area contributed by atoms with Gasteiger partial charge >= 0.3 is 0 Å². The molecule has 3 aromatic rings. The molecule has 0 amide bonds. The monoisotopic (exact) mass is 441 g/mol. The Bertz CT molecular complexity index is 1270. The van der Waals surface area contributed by atoms with Gasteiger partial charge in [-0.1, -0.05) is 66.2 Å². The Balaban J connectivity index is 1.82. The lowest BCUT2D eigenvalue weighted by molar-refractivity contribution is 0.0955. The Morgan fingerprint density at radius 3 is 2.48 bits per heavy atom. The summed E-state index contributed by atoms with van der Waals surface area (Å²) in [5.41, 5.74) is 0.955. The van der Waals surface area contributed by atoms with Crippen LogP contribution in [-0.2, 0) is 0 Å². The van der Waals surface area contributed by atoms with E-state index in [4.69, 9.17) is 11.6 Å². The normalized spacial score (nSPS) is 22.8. The van der Waals surface area contributed by atoms with Crippen molar-refractivity contribution in [1.29, 1.82) is 10.5 Å². The SMILES string of the molecule is N#CC1(C#N)[C@H](c2ccccc2Cl)[C@H](C(=O)c2cccs2)N2c3ccccc3C=C[C@@H]21. The number of rotatable bonds is 3. The maximum atomic E-state index is 13.9. The molecule has 31 heavy (non-hydrogen) atoms. The minimum absolute atomic E-state index is 0.109. The van der Waals surface area contributed by atoms with Crippen LogP contribution >= 0.6 is 22.9 Å². The highest BCUT2D eigenvalue weighted by molar-refractivity contribution is 7.12. The molecule has 4 nitrogen and oxygen atoms in total. The minimum Gasteiger partial charge on any atom is -0.351 e. The number of ketones is 1. The molecule has 0 radical (unpaired) electrons. The molecule has 6 heteroatoms. The number of benzene rings is 2. The molecular weight excluding hydrogens is 426 g/mol. The Kier molecular flexibility index (Phi) is 4.67. The Labute approximate surface area is 189 Å². The van der Waals surface area contributed by atoms with Crippen molar-refractivity contribution in [3.8, 4) is 12.1 Å². The van der Waals surface area contributed by atoms with Gasteiger partial charge in [0.2, 0.25) is 0 Å². The summed E-state index contributed by atoms with van der Waals surface area (Å²) < 4.78 is 0. The summed E-state index contributed by atoms with van der Waals surface area (Å²) in [7, 11) is 0. The van der Waals surface area contributed by atoms with Crippen molar-refractivity contribution in [1.82, 2.24) is 0 Å². The van der Waals surface area contributed by atoms with E-state index in [1.807, 2.05) is 64.9 Å². The van der Waals surface area contributed by atoms with Crippen LogP contribution in [0.5, 0.6) is 0 Å². The second-order valence-electron chi connectivity index (χ2n) is 7.65. The number of para-hydroxylation sites is 1. The van der Waals surface area contributed by atoms with Crippen LogP contribution in [0.3, 0.4) is 0 Å². The van der Waals surface area contributed by atoms with Crippen LogP contribution in [0.15, 0.2) is 72.1 Å². The highest BCUT2D eigenvalue weighted by Gasteiger charge is 2.63. The second-order valence-corrected chi connectivity index (χ2v) is 9.00. The zero-order valence-corrected chi connectivity index (χ0v) is 17.8. The van der Waals surface area contributed by atoms with Gasteiger partial charge in [0.25, 0.3) is 0 Å². The number of thiophene rings is 1. The lowest BCUT2D eigenvalue weighted by Gasteiger charge is -2.35. The van der Waals surface area contributed by atoms with Crippen molar-refractivity contribution in [3.05, 3.63) is 93.1 Å². The topological polar surface area (TPSA) is 67.9 Å². The first-order chi connectivity index (χ1) is 15.1. The molecule has 0 bridgehead atoms. The fourth-order valence-electron chi connectivity index (χ4n) is 4.87. The van der Waals surface area contributed by atoms with Crippen molar-refractivity contribution in [2.24, 2.45) is 5.41 Å². The summed E-state index contributed by atoms with van der Waals surface area (Å²) in [5, 5.41) is 23.0. The smallest absolute Gasteiger partial charge is 0.195 e. The quantitative estimate of drug-likeness (QED) is 0.490. The molecule has 2 aliphatic heterocycles. The molecule has 3 heterocycles. The van der Waals surface area contributed by atoms with Crippen LogP contribution in [0.25, 0.3) is 6.08 Å². The highest BCUT2D eigenvalue weighted by atomic mass is 35.5. The molecule has 150 valence electrons. The van der Waals surface area contributed by atoms with Crippen molar-refractivity contribution in [2.45, 2.75) is 18.0 Å². The van der Waals surface area contributed by atoms with Crippen molar-refractivity contribution in [3.63, 3.8) is 0 Å². The van der Waals surface area contributed by atoms with Gasteiger partial charge in [-0.3, -0.25) is 4.79 Å². The molecule has 0 N–H and O–H groups in total. The summed E-state index contributed by atoms with van der Waals surface area (Å²) in [6.07, 6.45) is 3.81. The van der Waals surface area contributed by atoms with Gasteiger partial charge in [0.1, 0.15) is 6.04 Å². The Morgan fingerprint density at radius 2 is 1.77 bits per heavy atom. The number of carbonyl (C=O) groups excluding carboxylic acids is 1. The number of fused-ring (bicyclic) bond motifs is 3. The van der Waals surface area contributed by atoms with Crippen LogP contribution in [0.2, 0.25) is 5.02 Å². The zero-order valence-electron chi connectivity index (χ0n) is 16.3. The lowest BCUT2D eigenvalue weighted by Crippen LogP contribution is -2.44. The van der Waals surface area contributed by atoms with Gasteiger partial charge in [-0.05, 0) is 34.7 Å². The van der Waals surface area contributed by atoms with Gasteiger partial charge in [0, 0.05) is 16.6 Å². The zero-order chi connectivity index (χ0) is 21.6. The van der Waals surface area contributed by atoms with Gasteiger partial charge < -0.3 is 4.90 Å². The van der Waals surface area contributed by atoms with Crippen molar-refractivity contribution < 1.29 is 4.79 Å². The first-order valence-electron chi connectivity index (χ1n) is 9.82. The first kappa shape index (κ1) is 19.6. The van der Waals surface area contributed by atoms with Crippen molar-refractivity contribution >= 4 is 40.5 Å². The van der Waals surface area contributed by atoms with E-state index in [1.54, 1.807) is 18.2 Å². The third-order valence-electron chi connectivity index (χ3n) is 6.19. The van der Waals surface area contributed by atoms with E-state index in [2.05, 4.69) is 12.1 Å². The summed E-state index contributed by atoms with van der Waals surface area (Å²) in [6.45, 7) is 0. The number of carbonyl (C=O) groups is 1. The van der Waals surface area contributed by atoms with Gasteiger partial charge in [0.05, 0.1) is 23.1 Å². The molecule has 0 spiro atoms. The number of halogens is 1. The van der Waals surface area contributed by atoms with E-state index >= 15 is 0 Å². The van der Waals surface area contributed by atoms with Gasteiger partial charge in [-0.2, -0.15) is 10.5 Å². The third-order valence-corrected chi connectivity index (χ3v) is 7.42. The fourth-order valence-corrected chi connectivity index (χ4v) is 5.82. The minimum atomic E-state index is -1.48. The van der Waals surface area contributed by atoms with Crippen LogP contribution in [0.1, 0.15) is 26.7 Å². The molecule has 1 aromatic heterocycles. The Morgan fingerprint density at radius 1 is 1.03 bits per heavy atom. The van der Waals surface area contributed by atoms with Crippen LogP contribution in [-0.4, -0.2) is 17.9 Å². The molecule has 0 unspecified atom stereocenters. The molecule has 0 saturated carbocycles. The van der Waals surface area contributed by atoms with Gasteiger partial charge in [0.15, 0.2) is 11.2 Å². The van der Waals surface area contributed by atoms with Gasteiger partial charge in [-0.25, -0.2) is 0 Å². The van der Waals surface area contributed by atoms with E-state index < -0.39 is 23.4 Å². The van der Waals surface area contributed by atoms with Crippen LogP contribution < -0.4 is 4.90 Å². The number of hydrogen-bond donors (Lipinski definition) is 0. The van der Waals surface area contributed by atoms with Crippen LogP contribution in [0, 0.1) is 28.1 Å². The summed E-state index contributed by atoms with van der Waals surface area (Å²) in [4.78, 5) is 16.4.